The predicted octanol–water partition coefficient (Wildman–Crippen LogP) is 0.0568. The normalized spacial score (nSPS) is 25.2. The quantitative estimate of drug-likeness (QED) is 0.620. The summed E-state index contributed by atoms with van der Waals surface area (Å²) >= 11 is 0. The molecule has 1 aromatic rings. The molecule has 1 atom stereocenters. The zero-order chi connectivity index (χ0) is 8.23. The van der Waals surface area contributed by atoms with Gasteiger partial charge >= 0.3 is 0 Å². The summed E-state index contributed by atoms with van der Waals surface area (Å²) in [5.41, 5.74) is 0. The van der Waals surface area contributed by atoms with Crippen LogP contribution in [-0.4, -0.2) is 33.7 Å². The standard InChI is InChI=1S/C7H13N5/c1-2-6(3-5-8-4-1)7-9-11-12-10-7/h6,8H,1-5H2,(H,9,10,11,12). The van der Waals surface area contributed by atoms with Gasteiger partial charge in [0.25, 0.3) is 0 Å². The van der Waals surface area contributed by atoms with Gasteiger partial charge in [0.15, 0.2) is 5.82 Å². The Morgan fingerprint density at radius 3 is 3.08 bits per heavy atom. The molecule has 0 amide bonds. The lowest BCUT2D eigenvalue weighted by atomic mass is 10.0. The Morgan fingerprint density at radius 1 is 1.25 bits per heavy atom. The van der Waals surface area contributed by atoms with Gasteiger partial charge < -0.3 is 5.32 Å². The van der Waals surface area contributed by atoms with Crippen LogP contribution in [0.3, 0.4) is 0 Å². The molecule has 1 fully saturated rings. The lowest BCUT2D eigenvalue weighted by Crippen LogP contribution is -2.14. The highest BCUT2D eigenvalue weighted by Crippen LogP contribution is 2.21. The van der Waals surface area contributed by atoms with Crippen LogP contribution in [0.2, 0.25) is 0 Å². The van der Waals surface area contributed by atoms with Gasteiger partial charge in [0.1, 0.15) is 0 Å². The number of aromatic nitrogens is 4. The van der Waals surface area contributed by atoms with E-state index >= 15 is 0 Å². The monoisotopic (exact) mass is 167 g/mol. The van der Waals surface area contributed by atoms with E-state index in [0.29, 0.717) is 5.92 Å². The SMILES string of the molecule is C1CNCCC(c2nn[nH]n2)C1. The van der Waals surface area contributed by atoms with Crippen LogP contribution in [0.4, 0.5) is 0 Å². The Bertz CT molecular complexity index is 212. The van der Waals surface area contributed by atoms with Crippen molar-refractivity contribution in [3.8, 4) is 0 Å². The topological polar surface area (TPSA) is 66.5 Å². The molecule has 0 saturated carbocycles. The van der Waals surface area contributed by atoms with E-state index in [1.165, 1.54) is 12.8 Å². The molecular weight excluding hydrogens is 154 g/mol. The summed E-state index contributed by atoms with van der Waals surface area (Å²) in [6.45, 7) is 2.19. The molecule has 0 bridgehead atoms. The predicted molar refractivity (Wildman–Crippen MR) is 43.6 cm³/mol. The second kappa shape index (κ2) is 3.62. The van der Waals surface area contributed by atoms with Crippen molar-refractivity contribution in [2.75, 3.05) is 13.1 Å². The lowest BCUT2D eigenvalue weighted by molar-refractivity contribution is 0.576. The number of rotatable bonds is 1. The maximum absolute atomic E-state index is 4.01. The molecule has 1 aromatic heterocycles. The molecule has 2 N–H and O–H groups in total. The fourth-order valence-corrected chi connectivity index (χ4v) is 1.62. The minimum Gasteiger partial charge on any atom is -0.317 e. The Morgan fingerprint density at radius 2 is 2.25 bits per heavy atom. The molecule has 12 heavy (non-hydrogen) atoms. The highest BCUT2D eigenvalue weighted by atomic mass is 15.5. The molecule has 1 aliphatic heterocycles. The molecule has 0 spiro atoms. The van der Waals surface area contributed by atoms with Gasteiger partial charge in [-0.3, -0.25) is 0 Å². The smallest absolute Gasteiger partial charge is 0.177 e. The molecule has 0 aromatic carbocycles. The van der Waals surface area contributed by atoms with Crippen LogP contribution in [-0.2, 0) is 0 Å². The van der Waals surface area contributed by atoms with Gasteiger partial charge in [-0.1, -0.05) is 5.21 Å². The van der Waals surface area contributed by atoms with Crippen LogP contribution in [0.15, 0.2) is 0 Å². The second-order valence-corrected chi connectivity index (χ2v) is 3.15. The number of nitrogens with zero attached hydrogens (tertiary/aromatic N) is 3. The number of H-pyrrole nitrogens is 1. The van der Waals surface area contributed by atoms with E-state index in [2.05, 4.69) is 25.9 Å². The van der Waals surface area contributed by atoms with Gasteiger partial charge in [-0.15, -0.1) is 10.2 Å². The van der Waals surface area contributed by atoms with E-state index in [1.807, 2.05) is 0 Å². The maximum Gasteiger partial charge on any atom is 0.177 e. The van der Waals surface area contributed by atoms with Gasteiger partial charge in [0.05, 0.1) is 0 Å². The number of aromatic amines is 1. The van der Waals surface area contributed by atoms with E-state index in [9.17, 15) is 0 Å². The highest BCUT2D eigenvalue weighted by Gasteiger charge is 2.17. The number of hydrogen-bond donors (Lipinski definition) is 2. The first-order valence-corrected chi connectivity index (χ1v) is 4.41. The van der Waals surface area contributed by atoms with Crippen LogP contribution in [0.5, 0.6) is 0 Å². The molecule has 1 saturated heterocycles. The molecule has 0 aliphatic carbocycles. The third-order valence-electron chi connectivity index (χ3n) is 2.30. The lowest BCUT2D eigenvalue weighted by Gasteiger charge is -2.06. The van der Waals surface area contributed by atoms with Crippen molar-refractivity contribution >= 4 is 0 Å². The molecular formula is C7H13N5. The first kappa shape index (κ1) is 7.67. The first-order chi connectivity index (χ1) is 5.97. The summed E-state index contributed by atoms with van der Waals surface area (Å²) in [6.07, 6.45) is 3.51. The molecule has 1 unspecified atom stereocenters. The van der Waals surface area contributed by atoms with Crippen LogP contribution in [0.25, 0.3) is 0 Å². The van der Waals surface area contributed by atoms with E-state index in [1.54, 1.807) is 0 Å². The summed E-state index contributed by atoms with van der Waals surface area (Å²) in [6, 6.07) is 0. The van der Waals surface area contributed by atoms with Gasteiger partial charge in [0, 0.05) is 5.92 Å². The van der Waals surface area contributed by atoms with E-state index in [-0.39, 0.29) is 0 Å². The average Bonchev–Trinajstić information content (AvgIpc) is 2.48. The number of nitrogens with one attached hydrogen (secondary N) is 2. The second-order valence-electron chi connectivity index (χ2n) is 3.15. The molecule has 2 heterocycles. The van der Waals surface area contributed by atoms with Crippen molar-refractivity contribution in [1.29, 1.82) is 0 Å². The first-order valence-electron chi connectivity index (χ1n) is 4.41. The summed E-state index contributed by atoms with van der Waals surface area (Å²) in [5, 5.41) is 17.4. The highest BCUT2D eigenvalue weighted by molar-refractivity contribution is 4.91. The summed E-state index contributed by atoms with van der Waals surface area (Å²) in [4.78, 5) is 0. The minimum atomic E-state index is 0.499. The maximum atomic E-state index is 4.01. The summed E-state index contributed by atoms with van der Waals surface area (Å²) < 4.78 is 0. The molecule has 5 nitrogen and oxygen atoms in total. The molecule has 1 aliphatic rings. The number of hydrogen-bond acceptors (Lipinski definition) is 4. The zero-order valence-electron chi connectivity index (χ0n) is 6.95. The molecule has 5 heteroatoms. The van der Waals surface area contributed by atoms with Crippen molar-refractivity contribution in [2.24, 2.45) is 0 Å². The van der Waals surface area contributed by atoms with Crippen molar-refractivity contribution in [3.05, 3.63) is 5.82 Å². The Hall–Kier alpha value is -0.970. The Labute approximate surface area is 70.9 Å². The van der Waals surface area contributed by atoms with Crippen LogP contribution < -0.4 is 5.32 Å². The van der Waals surface area contributed by atoms with Crippen molar-refractivity contribution in [3.63, 3.8) is 0 Å². The third kappa shape index (κ3) is 1.61. The Kier molecular flexibility index (Phi) is 2.31. The van der Waals surface area contributed by atoms with Gasteiger partial charge in [-0.25, -0.2) is 0 Å². The van der Waals surface area contributed by atoms with Crippen LogP contribution >= 0.6 is 0 Å². The van der Waals surface area contributed by atoms with Crippen LogP contribution in [0, 0.1) is 0 Å². The number of tetrazole rings is 1. The Balaban J connectivity index is 2.02. The van der Waals surface area contributed by atoms with Gasteiger partial charge in [-0.2, -0.15) is 5.21 Å². The fourth-order valence-electron chi connectivity index (χ4n) is 1.62. The van der Waals surface area contributed by atoms with E-state index in [4.69, 9.17) is 0 Å². The van der Waals surface area contributed by atoms with E-state index in [0.717, 1.165) is 25.3 Å². The van der Waals surface area contributed by atoms with Crippen molar-refractivity contribution in [1.82, 2.24) is 25.9 Å². The summed E-state index contributed by atoms with van der Waals surface area (Å²) in [5.74, 6) is 1.37. The molecule has 66 valence electrons. The van der Waals surface area contributed by atoms with Crippen molar-refractivity contribution in [2.45, 2.75) is 25.2 Å². The van der Waals surface area contributed by atoms with Gasteiger partial charge in [-0.05, 0) is 32.4 Å². The fraction of sp³-hybridized carbons (Fsp3) is 0.857. The largest absolute Gasteiger partial charge is 0.317 e. The van der Waals surface area contributed by atoms with Crippen LogP contribution in [0.1, 0.15) is 31.0 Å². The third-order valence-corrected chi connectivity index (χ3v) is 2.30. The summed E-state index contributed by atoms with van der Waals surface area (Å²) in [7, 11) is 0. The zero-order valence-corrected chi connectivity index (χ0v) is 6.95. The average molecular weight is 167 g/mol. The molecule has 0 radical (unpaired) electrons. The van der Waals surface area contributed by atoms with Gasteiger partial charge in [0.2, 0.25) is 0 Å². The van der Waals surface area contributed by atoms with E-state index < -0.39 is 0 Å². The minimum absolute atomic E-state index is 0.499. The molecule has 2 rings (SSSR count). The van der Waals surface area contributed by atoms with Crippen molar-refractivity contribution < 1.29 is 0 Å².